The minimum atomic E-state index is -0.523. The first-order chi connectivity index (χ1) is 11.1. The summed E-state index contributed by atoms with van der Waals surface area (Å²) in [5.41, 5.74) is 1.80. The molecule has 0 unspecified atom stereocenters. The Bertz CT molecular complexity index is 900. The number of rotatable bonds is 5. The number of carbonyl (C=O) groups is 1. The summed E-state index contributed by atoms with van der Waals surface area (Å²) in [6, 6.07) is 10.7. The van der Waals surface area contributed by atoms with E-state index in [2.05, 4.69) is 10.3 Å². The molecule has 0 aliphatic rings. The molecule has 1 heterocycles. The summed E-state index contributed by atoms with van der Waals surface area (Å²) in [5.74, 6) is -1.01. The van der Waals surface area contributed by atoms with E-state index in [-0.39, 0.29) is 24.8 Å². The molecule has 0 radical (unpaired) electrons. The number of aromatic amines is 1. The first-order valence-corrected chi connectivity index (χ1v) is 6.87. The van der Waals surface area contributed by atoms with Crippen molar-refractivity contribution in [2.75, 3.05) is 6.61 Å². The van der Waals surface area contributed by atoms with Crippen LogP contribution in [0.15, 0.2) is 51.7 Å². The number of halogens is 1. The number of aromatic nitrogens is 1. The molecule has 0 aliphatic carbocycles. The zero-order valence-electron chi connectivity index (χ0n) is 12.0. The molecule has 23 heavy (non-hydrogen) atoms. The van der Waals surface area contributed by atoms with Gasteiger partial charge in [0.25, 0.3) is 5.91 Å². The first kappa shape index (κ1) is 14.8. The van der Waals surface area contributed by atoms with Crippen LogP contribution in [0.4, 0.5) is 4.39 Å². The van der Waals surface area contributed by atoms with E-state index < -0.39 is 11.6 Å². The van der Waals surface area contributed by atoms with Crippen molar-refractivity contribution in [1.82, 2.24) is 10.3 Å². The van der Waals surface area contributed by atoms with Gasteiger partial charge in [-0.2, -0.15) is 0 Å². The fourth-order valence-electron chi connectivity index (χ4n) is 2.06. The van der Waals surface area contributed by atoms with Gasteiger partial charge in [0.15, 0.2) is 12.2 Å². The van der Waals surface area contributed by atoms with Crippen molar-refractivity contribution in [2.24, 2.45) is 0 Å². The highest BCUT2D eigenvalue weighted by Gasteiger charge is 2.06. The third kappa shape index (κ3) is 3.76. The minimum Gasteiger partial charge on any atom is -0.484 e. The monoisotopic (exact) mass is 316 g/mol. The maximum atomic E-state index is 13.0. The number of hydrogen-bond donors (Lipinski definition) is 2. The van der Waals surface area contributed by atoms with Crippen molar-refractivity contribution in [3.63, 3.8) is 0 Å². The van der Waals surface area contributed by atoms with E-state index in [9.17, 15) is 14.0 Å². The predicted molar refractivity (Wildman–Crippen MR) is 80.6 cm³/mol. The van der Waals surface area contributed by atoms with Crippen LogP contribution in [-0.4, -0.2) is 17.5 Å². The van der Waals surface area contributed by atoms with E-state index in [0.717, 1.165) is 5.56 Å². The van der Waals surface area contributed by atoms with E-state index >= 15 is 0 Å². The molecule has 7 heteroatoms. The third-order valence-corrected chi connectivity index (χ3v) is 3.14. The van der Waals surface area contributed by atoms with Crippen molar-refractivity contribution >= 4 is 17.0 Å². The Balaban J connectivity index is 1.54. The Morgan fingerprint density at radius 2 is 2.13 bits per heavy atom. The molecule has 0 bridgehead atoms. The lowest BCUT2D eigenvalue weighted by molar-refractivity contribution is -0.123. The van der Waals surface area contributed by atoms with Crippen LogP contribution in [0.2, 0.25) is 0 Å². The Labute approximate surface area is 129 Å². The number of amides is 1. The number of ether oxygens (including phenoxy) is 1. The molecular formula is C16H13FN2O4. The van der Waals surface area contributed by atoms with E-state index in [1.165, 1.54) is 18.2 Å². The van der Waals surface area contributed by atoms with Crippen LogP contribution in [0.25, 0.3) is 11.1 Å². The van der Waals surface area contributed by atoms with Crippen molar-refractivity contribution < 1.29 is 18.3 Å². The van der Waals surface area contributed by atoms with Crippen molar-refractivity contribution in [3.8, 4) is 5.75 Å². The normalized spacial score (nSPS) is 10.7. The van der Waals surface area contributed by atoms with E-state index in [1.54, 1.807) is 24.3 Å². The summed E-state index contributed by atoms with van der Waals surface area (Å²) < 4.78 is 23.1. The Hall–Kier alpha value is -3.09. The lowest BCUT2D eigenvalue weighted by Gasteiger charge is -2.07. The van der Waals surface area contributed by atoms with Crippen LogP contribution in [0.1, 0.15) is 5.56 Å². The van der Waals surface area contributed by atoms with Crippen LogP contribution < -0.4 is 15.8 Å². The topological polar surface area (TPSA) is 84.3 Å². The molecular weight excluding hydrogens is 303 g/mol. The average molecular weight is 316 g/mol. The zero-order chi connectivity index (χ0) is 16.2. The molecule has 1 aromatic heterocycles. The van der Waals surface area contributed by atoms with Gasteiger partial charge >= 0.3 is 5.76 Å². The molecule has 3 aromatic rings. The van der Waals surface area contributed by atoms with Crippen LogP contribution >= 0.6 is 0 Å². The van der Waals surface area contributed by atoms with Gasteiger partial charge in [0.2, 0.25) is 0 Å². The highest BCUT2D eigenvalue weighted by Crippen LogP contribution is 2.13. The molecule has 0 aliphatic heterocycles. The van der Waals surface area contributed by atoms with Crippen molar-refractivity contribution in [2.45, 2.75) is 6.54 Å². The van der Waals surface area contributed by atoms with Crippen molar-refractivity contribution in [1.29, 1.82) is 0 Å². The highest BCUT2D eigenvalue weighted by atomic mass is 19.1. The molecule has 6 nitrogen and oxygen atoms in total. The lowest BCUT2D eigenvalue weighted by Crippen LogP contribution is -2.28. The summed E-state index contributed by atoms with van der Waals surface area (Å²) in [5, 5.41) is 2.67. The molecule has 0 saturated heterocycles. The number of H-pyrrole nitrogens is 1. The van der Waals surface area contributed by atoms with Crippen molar-refractivity contribution in [3.05, 3.63) is 64.4 Å². The number of hydrogen-bond acceptors (Lipinski definition) is 4. The number of oxazole rings is 1. The van der Waals surface area contributed by atoms with Gasteiger partial charge < -0.3 is 14.5 Å². The van der Waals surface area contributed by atoms with Crippen LogP contribution in [0, 0.1) is 5.82 Å². The van der Waals surface area contributed by atoms with Crippen LogP contribution in [0.3, 0.4) is 0 Å². The highest BCUT2D eigenvalue weighted by molar-refractivity contribution is 5.78. The Morgan fingerprint density at radius 1 is 1.26 bits per heavy atom. The quantitative estimate of drug-likeness (QED) is 0.753. The first-order valence-electron chi connectivity index (χ1n) is 6.87. The number of fused-ring (bicyclic) bond motifs is 1. The molecule has 0 spiro atoms. The zero-order valence-corrected chi connectivity index (χ0v) is 12.0. The molecule has 118 valence electrons. The molecule has 3 rings (SSSR count). The van der Waals surface area contributed by atoms with Crippen LogP contribution in [0.5, 0.6) is 5.75 Å². The summed E-state index contributed by atoms with van der Waals surface area (Å²) in [4.78, 5) is 25.3. The van der Waals surface area contributed by atoms with E-state index in [4.69, 9.17) is 9.15 Å². The van der Waals surface area contributed by atoms with Gasteiger partial charge in [-0.3, -0.25) is 9.78 Å². The fraction of sp³-hybridized carbons (Fsp3) is 0.125. The largest absolute Gasteiger partial charge is 0.484 e. The second-order valence-electron chi connectivity index (χ2n) is 4.87. The van der Waals surface area contributed by atoms with E-state index in [1.807, 2.05) is 0 Å². The second-order valence-corrected chi connectivity index (χ2v) is 4.87. The summed E-state index contributed by atoms with van der Waals surface area (Å²) in [6.07, 6.45) is 0. The molecule has 0 fully saturated rings. The molecule has 2 aromatic carbocycles. The fourth-order valence-corrected chi connectivity index (χ4v) is 2.06. The summed E-state index contributed by atoms with van der Waals surface area (Å²) >= 11 is 0. The summed E-state index contributed by atoms with van der Waals surface area (Å²) in [6.45, 7) is 0.0428. The van der Waals surface area contributed by atoms with Gasteiger partial charge in [-0.25, -0.2) is 9.18 Å². The standard InChI is InChI=1S/C16H13FN2O4/c17-11-2-1-3-12(7-11)22-9-15(20)18-8-10-4-5-13-14(6-10)23-16(21)19-13/h1-7H,8-9H2,(H,18,20)(H,19,21). The molecule has 0 atom stereocenters. The van der Waals surface area contributed by atoms with Crippen LogP contribution in [-0.2, 0) is 11.3 Å². The van der Waals surface area contributed by atoms with Gasteiger partial charge in [-0.15, -0.1) is 0 Å². The van der Waals surface area contributed by atoms with Gasteiger partial charge in [0.05, 0.1) is 5.52 Å². The Kier molecular flexibility index (Phi) is 4.09. The Morgan fingerprint density at radius 3 is 2.96 bits per heavy atom. The van der Waals surface area contributed by atoms with Gasteiger partial charge in [0.1, 0.15) is 11.6 Å². The van der Waals surface area contributed by atoms with E-state index in [0.29, 0.717) is 11.1 Å². The summed E-state index contributed by atoms with van der Waals surface area (Å²) in [7, 11) is 0. The maximum Gasteiger partial charge on any atom is 0.417 e. The number of benzene rings is 2. The molecule has 1 amide bonds. The third-order valence-electron chi connectivity index (χ3n) is 3.14. The SMILES string of the molecule is O=C(COc1cccc(F)c1)NCc1ccc2[nH]c(=O)oc2c1. The van der Waals surface area contributed by atoms with Gasteiger partial charge in [0, 0.05) is 12.6 Å². The average Bonchev–Trinajstić information content (AvgIpc) is 2.90. The number of carbonyl (C=O) groups excluding carboxylic acids is 1. The smallest absolute Gasteiger partial charge is 0.417 e. The lowest BCUT2D eigenvalue weighted by atomic mass is 10.2. The molecule has 2 N–H and O–H groups in total. The van der Waals surface area contributed by atoms with Gasteiger partial charge in [-0.05, 0) is 29.8 Å². The predicted octanol–water partition coefficient (Wildman–Crippen LogP) is 1.96. The minimum absolute atomic E-state index is 0.217. The maximum absolute atomic E-state index is 13.0. The van der Waals surface area contributed by atoms with Gasteiger partial charge in [-0.1, -0.05) is 12.1 Å². The molecule has 0 saturated carbocycles. The second kappa shape index (κ2) is 6.35. The number of nitrogens with one attached hydrogen (secondary N) is 2.